The second-order valence-electron chi connectivity index (χ2n) is 4.94. The monoisotopic (exact) mass is 323 g/mol. The van der Waals surface area contributed by atoms with Crippen LogP contribution in [0.25, 0.3) is 0 Å². The minimum absolute atomic E-state index is 0.0634. The lowest BCUT2D eigenvalue weighted by Crippen LogP contribution is -2.45. The molecule has 0 saturated carbocycles. The molecule has 0 fully saturated rings. The van der Waals surface area contributed by atoms with E-state index in [1.165, 1.54) is 21.9 Å². The number of anilines is 1. The van der Waals surface area contributed by atoms with Crippen molar-refractivity contribution in [1.82, 2.24) is 4.90 Å². The van der Waals surface area contributed by atoms with Crippen LogP contribution in [0.4, 0.5) is 11.4 Å². The van der Waals surface area contributed by atoms with Gasteiger partial charge in [0.05, 0.1) is 29.8 Å². The predicted molar refractivity (Wildman–Crippen MR) is 80.3 cm³/mol. The quantitative estimate of drug-likeness (QED) is 0.343. The zero-order valence-corrected chi connectivity index (χ0v) is 12.6. The summed E-state index contributed by atoms with van der Waals surface area (Å²) in [6.07, 6.45) is 0. The van der Waals surface area contributed by atoms with E-state index >= 15 is 0 Å². The van der Waals surface area contributed by atoms with Gasteiger partial charge in [-0.2, -0.15) is 0 Å². The lowest BCUT2D eigenvalue weighted by Gasteiger charge is -2.31. The number of fused-ring (bicyclic) bond motifs is 1. The SMILES string of the molecule is CCN(CCO)C(=O)CN1CC(=O)Oc2cc([N+](=O)[O-])ccc21. The van der Waals surface area contributed by atoms with Crippen molar-refractivity contribution in [2.75, 3.05) is 37.7 Å². The smallest absolute Gasteiger partial charge is 0.331 e. The third-order valence-corrected chi connectivity index (χ3v) is 3.47. The average molecular weight is 323 g/mol. The summed E-state index contributed by atoms with van der Waals surface area (Å²) in [7, 11) is 0. The molecule has 0 aromatic heterocycles. The number of likely N-dealkylation sites (N-methyl/N-ethyl adjacent to an activating group) is 1. The number of aliphatic hydroxyl groups is 1. The number of rotatable bonds is 6. The van der Waals surface area contributed by atoms with E-state index in [2.05, 4.69) is 0 Å². The molecule has 0 atom stereocenters. The van der Waals surface area contributed by atoms with Crippen molar-refractivity contribution < 1.29 is 24.4 Å². The molecule has 1 aromatic rings. The van der Waals surface area contributed by atoms with Gasteiger partial charge in [0.15, 0.2) is 5.75 Å². The molecule has 1 aliphatic heterocycles. The van der Waals surface area contributed by atoms with E-state index < -0.39 is 10.9 Å². The van der Waals surface area contributed by atoms with Crippen molar-refractivity contribution >= 4 is 23.3 Å². The number of nitro benzene ring substituents is 1. The highest BCUT2D eigenvalue weighted by Crippen LogP contribution is 2.35. The minimum atomic E-state index is -0.587. The first-order valence-electron chi connectivity index (χ1n) is 7.09. The van der Waals surface area contributed by atoms with Crippen molar-refractivity contribution in [1.29, 1.82) is 0 Å². The van der Waals surface area contributed by atoms with E-state index in [4.69, 9.17) is 9.84 Å². The van der Waals surface area contributed by atoms with E-state index in [-0.39, 0.29) is 43.6 Å². The molecule has 0 bridgehead atoms. The number of carbonyl (C=O) groups excluding carboxylic acids is 2. The van der Waals surface area contributed by atoms with Crippen LogP contribution in [0.5, 0.6) is 5.75 Å². The van der Waals surface area contributed by atoms with Gasteiger partial charge >= 0.3 is 5.97 Å². The lowest BCUT2D eigenvalue weighted by molar-refractivity contribution is -0.384. The number of nitrogens with zero attached hydrogens (tertiary/aromatic N) is 3. The number of non-ortho nitro benzene ring substituents is 1. The first-order valence-corrected chi connectivity index (χ1v) is 7.09. The summed E-state index contributed by atoms with van der Waals surface area (Å²) in [5.41, 5.74) is 0.254. The highest BCUT2D eigenvalue weighted by Gasteiger charge is 2.28. The summed E-state index contributed by atoms with van der Waals surface area (Å²) in [5, 5.41) is 19.8. The van der Waals surface area contributed by atoms with Crippen LogP contribution in [0.15, 0.2) is 18.2 Å². The Labute approximate surface area is 132 Å². The fourth-order valence-electron chi connectivity index (χ4n) is 2.34. The number of benzene rings is 1. The Hall–Kier alpha value is -2.68. The lowest BCUT2D eigenvalue weighted by atomic mass is 10.2. The van der Waals surface area contributed by atoms with Gasteiger partial charge in [-0.15, -0.1) is 0 Å². The third kappa shape index (κ3) is 3.75. The van der Waals surface area contributed by atoms with Crippen molar-refractivity contribution in [3.8, 4) is 5.75 Å². The average Bonchev–Trinajstić information content (AvgIpc) is 2.51. The van der Waals surface area contributed by atoms with Crippen LogP contribution in [-0.4, -0.2) is 59.6 Å². The van der Waals surface area contributed by atoms with E-state index in [0.29, 0.717) is 12.2 Å². The summed E-state index contributed by atoms with van der Waals surface area (Å²) < 4.78 is 5.02. The highest BCUT2D eigenvalue weighted by molar-refractivity contribution is 5.89. The maximum absolute atomic E-state index is 12.2. The maximum atomic E-state index is 12.2. The summed E-state index contributed by atoms with van der Waals surface area (Å²) in [4.78, 5) is 37.1. The summed E-state index contributed by atoms with van der Waals surface area (Å²) >= 11 is 0. The Morgan fingerprint density at radius 2 is 2.26 bits per heavy atom. The number of aliphatic hydroxyl groups excluding tert-OH is 1. The van der Waals surface area contributed by atoms with Gasteiger partial charge in [-0.1, -0.05) is 0 Å². The van der Waals surface area contributed by atoms with E-state index in [1.54, 1.807) is 6.92 Å². The van der Waals surface area contributed by atoms with Crippen molar-refractivity contribution in [2.24, 2.45) is 0 Å². The van der Waals surface area contributed by atoms with Gasteiger partial charge in [0.25, 0.3) is 5.69 Å². The molecular weight excluding hydrogens is 306 g/mol. The molecule has 0 radical (unpaired) electrons. The molecule has 1 heterocycles. The summed E-state index contributed by atoms with van der Waals surface area (Å²) in [6.45, 7) is 2.09. The zero-order chi connectivity index (χ0) is 17.0. The van der Waals surface area contributed by atoms with Crippen LogP contribution in [0.1, 0.15) is 6.92 Å². The fourth-order valence-corrected chi connectivity index (χ4v) is 2.34. The molecule has 0 aliphatic carbocycles. The Kier molecular flexibility index (Phi) is 5.12. The first-order chi connectivity index (χ1) is 11.0. The van der Waals surface area contributed by atoms with Crippen molar-refractivity contribution in [3.05, 3.63) is 28.3 Å². The molecule has 124 valence electrons. The van der Waals surface area contributed by atoms with Crippen LogP contribution in [0, 0.1) is 10.1 Å². The number of ether oxygens (including phenoxy) is 1. The Morgan fingerprint density at radius 1 is 1.52 bits per heavy atom. The molecule has 2 rings (SSSR count). The first kappa shape index (κ1) is 16.7. The maximum Gasteiger partial charge on any atom is 0.331 e. The molecule has 1 aliphatic rings. The number of carbonyl (C=O) groups is 2. The summed E-state index contributed by atoms with van der Waals surface area (Å²) in [5.74, 6) is -0.773. The largest absolute Gasteiger partial charge is 0.423 e. The van der Waals surface area contributed by atoms with Crippen LogP contribution in [0.3, 0.4) is 0 Å². The van der Waals surface area contributed by atoms with E-state index in [0.717, 1.165) is 6.07 Å². The standard InChI is InChI=1S/C14H17N3O6/c1-2-15(5-6-18)13(19)8-16-9-14(20)23-12-7-10(17(21)22)3-4-11(12)16/h3-4,7,18H,2,5-6,8-9H2,1H3. The molecular formula is C14H17N3O6. The normalized spacial score (nSPS) is 13.3. The van der Waals surface area contributed by atoms with Gasteiger partial charge in [0.1, 0.15) is 6.54 Å². The number of amides is 1. The van der Waals surface area contributed by atoms with Gasteiger partial charge < -0.3 is 19.6 Å². The zero-order valence-electron chi connectivity index (χ0n) is 12.6. The van der Waals surface area contributed by atoms with Gasteiger partial charge in [-0.25, -0.2) is 4.79 Å². The molecule has 1 N–H and O–H groups in total. The topological polar surface area (TPSA) is 113 Å². The van der Waals surface area contributed by atoms with Crippen LogP contribution in [0.2, 0.25) is 0 Å². The Bertz CT molecular complexity index is 633. The third-order valence-electron chi connectivity index (χ3n) is 3.47. The summed E-state index contributed by atoms with van der Waals surface area (Å²) in [6, 6.07) is 3.91. The molecule has 0 unspecified atom stereocenters. The molecule has 9 heteroatoms. The Balaban J connectivity index is 2.23. The molecule has 23 heavy (non-hydrogen) atoms. The number of hydrogen-bond donors (Lipinski definition) is 1. The van der Waals surface area contributed by atoms with Gasteiger partial charge in [0, 0.05) is 19.2 Å². The molecule has 0 spiro atoms. The van der Waals surface area contributed by atoms with Crippen molar-refractivity contribution in [2.45, 2.75) is 6.92 Å². The van der Waals surface area contributed by atoms with E-state index in [1.807, 2.05) is 0 Å². The second kappa shape index (κ2) is 7.05. The Morgan fingerprint density at radius 3 is 2.87 bits per heavy atom. The van der Waals surface area contributed by atoms with Crippen LogP contribution < -0.4 is 9.64 Å². The molecule has 1 amide bonds. The number of hydrogen-bond acceptors (Lipinski definition) is 7. The number of nitro groups is 1. The molecule has 1 aromatic carbocycles. The fraction of sp³-hybridized carbons (Fsp3) is 0.429. The number of esters is 1. The highest BCUT2D eigenvalue weighted by atomic mass is 16.6. The van der Waals surface area contributed by atoms with E-state index in [9.17, 15) is 19.7 Å². The van der Waals surface area contributed by atoms with Crippen molar-refractivity contribution in [3.63, 3.8) is 0 Å². The van der Waals surface area contributed by atoms with Gasteiger partial charge in [-0.05, 0) is 13.0 Å². The van der Waals surface area contributed by atoms with Crippen LogP contribution in [-0.2, 0) is 9.59 Å². The van der Waals surface area contributed by atoms with Gasteiger partial charge in [-0.3, -0.25) is 14.9 Å². The minimum Gasteiger partial charge on any atom is -0.423 e. The molecule has 9 nitrogen and oxygen atoms in total. The molecule has 0 saturated heterocycles. The second-order valence-corrected chi connectivity index (χ2v) is 4.94. The predicted octanol–water partition coefficient (Wildman–Crippen LogP) is 0.161. The van der Waals surface area contributed by atoms with Gasteiger partial charge in [0.2, 0.25) is 5.91 Å². The van der Waals surface area contributed by atoms with Crippen LogP contribution >= 0.6 is 0 Å².